The Morgan fingerprint density at radius 3 is 2.52 bits per heavy atom. The van der Waals surface area contributed by atoms with Crippen LogP contribution in [-0.2, 0) is 10.0 Å². The van der Waals surface area contributed by atoms with Crippen LogP contribution in [0.25, 0.3) is 0 Å². The summed E-state index contributed by atoms with van der Waals surface area (Å²) in [6.07, 6.45) is 0. The Labute approximate surface area is 124 Å². The second-order valence-electron chi connectivity index (χ2n) is 4.65. The fourth-order valence-electron chi connectivity index (χ4n) is 1.93. The van der Waals surface area contributed by atoms with Gasteiger partial charge >= 0.3 is 0 Å². The number of rotatable bonds is 4. The summed E-state index contributed by atoms with van der Waals surface area (Å²) in [6, 6.07) is 13.4. The Hall–Kier alpha value is -2.34. The van der Waals surface area contributed by atoms with Crippen LogP contribution in [0.15, 0.2) is 58.6 Å². The average Bonchev–Trinajstić information content (AvgIpc) is 2.46. The van der Waals surface area contributed by atoms with E-state index in [1.54, 1.807) is 43.3 Å². The highest BCUT2D eigenvalue weighted by molar-refractivity contribution is 7.92. The summed E-state index contributed by atoms with van der Waals surface area (Å²) in [7, 11) is -3.69. The van der Waals surface area contributed by atoms with E-state index in [0.29, 0.717) is 17.0 Å². The molecule has 0 atom stereocenters. The normalized spacial score (nSPS) is 12.2. The molecule has 0 spiro atoms. The Morgan fingerprint density at radius 1 is 1.14 bits per heavy atom. The van der Waals surface area contributed by atoms with Crippen molar-refractivity contribution in [2.75, 3.05) is 4.72 Å². The zero-order chi connectivity index (χ0) is 15.5. The molecule has 0 amide bonds. The zero-order valence-corrected chi connectivity index (χ0v) is 12.6. The molecule has 2 aromatic rings. The molecule has 6 heteroatoms. The van der Waals surface area contributed by atoms with E-state index in [0.717, 1.165) is 5.56 Å². The first-order valence-corrected chi connectivity index (χ1v) is 7.80. The van der Waals surface area contributed by atoms with E-state index in [1.807, 2.05) is 13.0 Å². The molecule has 0 bridgehead atoms. The number of benzene rings is 2. The highest BCUT2D eigenvalue weighted by Crippen LogP contribution is 2.21. The van der Waals surface area contributed by atoms with Gasteiger partial charge < -0.3 is 5.21 Å². The van der Waals surface area contributed by atoms with Crippen LogP contribution in [0.1, 0.15) is 18.1 Å². The van der Waals surface area contributed by atoms with Crippen molar-refractivity contribution >= 4 is 21.4 Å². The SMILES string of the molecule is C/C(=N\O)c1ccccc1NS(=O)(=O)c1cccc(C)c1. The maximum absolute atomic E-state index is 12.4. The largest absolute Gasteiger partial charge is 0.411 e. The molecule has 0 unspecified atom stereocenters. The average molecular weight is 304 g/mol. The van der Waals surface area contributed by atoms with Gasteiger partial charge in [-0.3, -0.25) is 4.72 Å². The molecule has 0 aromatic heterocycles. The van der Waals surface area contributed by atoms with Crippen molar-refractivity contribution in [2.24, 2.45) is 5.16 Å². The molecule has 0 radical (unpaired) electrons. The maximum atomic E-state index is 12.4. The van der Waals surface area contributed by atoms with Gasteiger partial charge in [0.1, 0.15) is 0 Å². The predicted molar refractivity (Wildman–Crippen MR) is 82.4 cm³/mol. The van der Waals surface area contributed by atoms with Crippen molar-refractivity contribution < 1.29 is 13.6 Å². The van der Waals surface area contributed by atoms with Crippen LogP contribution in [0.2, 0.25) is 0 Å². The molecule has 0 saturated carbocycles. The fourth-order valence-corrected chi connectivity index (χ4v) is 3.11. The van der Waals surface area contributed by atoms with Crippen molar-refractivity contribution in [3.05, 3.63) is 59.7 Å². The molecule has 2 N–H and O–H groups in total. The summed E-state index contributed by atoms with van der Waals surface area (Å²) in [4.78, 5) is 0.191. The number of sulfonamides is 1. The van der Waals surface area contributed by atoms with Crippen LogP contribution in [0.5, 0.6) is 0 Å². The molecule has 2 rings (SSSR count). The highest BCUT2D eigenvalue weighted by Gasteiger charge is 2.16. The minimum absolute atomic E-state index is 0.191. The van der Waals surface area contributed by atoms with E-state index >= 15 is 0 Å². The number of nitrogens with zero attached hydrogens (tertiary/aromatic N) is 1. The molecule has 110 valence electrons. The van der Waals surface area contributed by atoms with Crippen molar-refractivity contribution in [2.45, 2.75) is 18.7 Å². The summed E-state index contributed by atoms with van der Waals surface area (Å²) in [5.41, 5.74) is 2.09. The van der Waals surface area contributed by atoms with E-state index in [-0.39, 0.29) is 4.90 Å². The van der Waals surface area contributed by atoms with E-state index in [9.17, 15) is 8.42 Å². The second kappa shape index (κ2) is 5.97. The first-order chi connectivity index (χ1) is 9.94. The van der Waals surface area contributed by atoms with Gasteiger partial charge in [-0.05, 0) is 37.6 Å². The monoisotopic (exact) mass is 304 g/mol. The molecular weight excluding hydrogens is 288 g/mol. The highest BCUT2D eigenvalue weighted by atomic mass is 32.2. The van der Waals surface area contributed by atoms with Gasteiger partial charge in [0, 0.05) is 5.56 Å². The minimum atomic E-state index is -3.69. The van der Waals surface area contributed by atoms with Gasteiger partial charge in [-0.15, -0.1) is 0 Å². The van der Waals surface area contributed by atoms with Gasteiger partial charge in [-0.1, -0.05) is 35.5 Å². The third kappa shape index (κ3) is 3.41. The predicted octanol–water partition coefficient (Wildman–Crippen LogP) is 2.99. The van der Waals surface area contributed by atoms with Crippen LogP contribution >= 0.6 is 0 Å². The smallest absolute Gasteiger partial charge is 0.261 e. The molecule has 0 aliphatic rings. The number of hydrogen-bond acceptors (Lipinski definition) is 4. The lowest BCUT2D eigenvalue weighted by Gasteiger charge is -2.12. The first kappa shape index (κ1) is 15.1. The van der Waals surface area contributed by atoms with E-state index in [4.69, 9.17) is 5.21 Å². The van der Waals surface area contributed by atoms with Crippen LogP contribution in [-0.4, -0.2) is 19.3 Å². The molecule has 21 heavy (non-hydrogen) atoms. The molecule has 2 aromatic carbocycles. The van der Waals surface area contributed by atoms with Gasteiger partial charge in [0.05, 0.1) is 16.3 Å². The fraction of sp³-hybridized carbons (Fsp3) is 0.133. The number of aryl methyl sites for hydroxylation is 1. The van der Waals surface area contributed by atoms with Gasteiger partial charge in [-0.25, -0.2) is 8.42 Å². The molecule has 0 aliphatic heterocycles. The Kier molecular flexibility index (Phi) is 4.28. The summed E-state index contributed by atoms with van der Waals surface area (Å²) < 4.78 is 27.3. The van der Waals surface area contributed by atoms with E-state index < -0.39 is 10.0 Å². The Bertz CT molecular complexity index is 783. The van der Waals surface area contributed by atoms with Crippen LogP contribution in [0.4, 0.5) is 5.69 Å². The third-order valence-corrected chi connectivity index (χ3v) is 4.37. The molecule has 0 heterocycles. The van der Waals surface area contributed by atoms with Crippen LogP contribution in [0.3, 0.4) is 0 Å². The van der Waals surface area contributed by atoms with Gasteiger partial charge in [-0.2, -0.15) is 0 Å². The minimum Gasteiger partial charge on any atom is -0.411 e. The molecule has 0 fully saturated rings. The lowest BCUT2D eigenvalue weighted by molar-refractivity contribution is 0.319. The molecule has 5 nitrogen and oxygen atoms in total. The summed E-state index contributed by atoms with van der Waals surface area (Å²) in [5, 5.41) is 12.0. The lowest BCUT2D eigenvalue weighted by Crippen LogP contribution is -2.15. The summed E-state index contributed by atoms with van der Waals surface area (Å²) >= 11 is 0. The molecule has 0 aliphatic carbocycles. The Balaban J connectivity index is 2.43. The first-order valence-electron chi connectivity index (χ1n) is 6.31. The zero-order valence-electron chi connectivity index (χ0n) is 11.7. The topological polar surface area (TPSA) is 78.8 Å². The number of para-hydroxylation sites is 1. The third-order valence-electron chi connectivity index (χ3n) is 3.01. The second-order valence-corrected chi connectivity index (χ2v) is 6.34. The van der Waals surface area contributed by atoms with Crippen LogP contribution in [0, 0.1) is 6.92 Å². The number of hydrogen-bond donors (Lipinski definition) is 2. The van der Waals surface area contributed by atoms with E-state index in [2.05, 4.69) is 9.88 Å². The van der Waals surface area contributed by atoms with E-state index in [1.165, 1.54) is 6.07 Å². The molecule has 0 saturated heterocycles. The van der Waals surface area contributed by atoms with Gasteiger partial charge in [0.2, 0.25) is 0 Å². The van der Waals surface area contributed by atoms with Crippen molar-refractivity contribution in [3.63, 3.8) is 0 Å². The number of nitrogens with one attached hydrogen (secondary N) is 1. The number of anilines is 1. The standard InChI is InChI=1S/C15H16N2O3S/c1-11-6-5-7-13(10-11)21(19,20)17-15-9-4-3-8-14(15)12(2)16-18/h3-10,17-18H,1-2H3/b16-12+. The number of oxime groups is 1. The van der Waals surface area contributed by atoms with Crippen molar-refractivity contribution in [3.8, 4) is 0 Å². The van der Waals surface area contributed by atoms with Crippen LogP contribution < -0.4 is 4.72 Å². The van der Waals surface area contributed by atoms with Crippen molar-refractivity contribution in [1.82, 2.24) is 0 Å². The van der Waals surface area contributed by atoms with Crippen molar-refractivity contribution in [1.29, 1.82) is 0 Å². The lowest BCUT2D eigenvalue weighted by atomic mass is 10.1. The Morgan fingerprint density at radius 2 is 1.86 bits per heavy atom. The summed E-state index contributed by atoms with van der Waals surface area (Å²) in [6.45, 7) is 3.43. The quantitative estimate of drug-likeness (QED) is 0.518. The van der Waals surface area contributed by atoms with Gasteiger partial charge in [0.25, 0.3) is 10.0 Å². The maximum Gasteiger partial charge on any atom is 0.261 e. The van der Waals surface area contributed by atoms with Gasteiger partial charge in [0.15, 0.2) is 0 Å². The summed E-state index contributed by atoms with van der Waals surface area (Å²) in [5.74, 6) is 0. The molecular formula is C15H16N2O3S.